The van der Waals surface area contributed by atoms with Crippen LogP contribution in [0.5, 0.6) is 0 Å². The Labute approximate surface area is 142 Å². The molecule has 5 rings (SSSR count). The van der Waals surface area contributed by atoms with Gasteiger partial charge in [-0.25, -0.2) is 18.7 Å². The third-order valence-corrected chi connectivity index (χ3v) is 4.69. The van der Waals surface area contributed by atoms with Crippen LogP contribution < -0.4 is 0 Å². The van der Waals surface area contributed by atoms with E-state index in [1.165, 1.54) is 18.2 Å². The predicted octanol–water partition coefficient (Wildman–Crippen LogP) is 4.09. The predicted molar refractivity (Wildman–Crippen MR) is 90.1 cm³/mol. The van der Waals surface area contributed by atoms with Gasteiger partial charge in [0.25, 0.3) is 0 Å². The third-order valence-electron chi connectivity index (χ3n) is 4.69. The Morgan fingerprint density at radius 1 is 1.04 bits per heavy atom. The van der Waals surface area contributed by atoms with E-state index in [-0.39, 0.29) is 5.56 Å². The second-order valence-corrected chi connectivity index (χ2v) is 6.19. The number of imidazole rings is 2. The summed E-state index contributed by atoms with van der Waals surface area (Å²) < 4.78 is 32.8. The summed E-state index contributed by atoms with van der Waals surface area (Å²) in [6, 6.07) is 7.73. The first-order chi connectivity index (χ1) is 12.2. The largest absolute Gasteiger partial charge is 0.327 e. The topological polar surface area (TPSA) is 35.1 Å². The van der Waals surface area contributed by atoms with Crippen molar-refractivity contribution < 1.29 is 8.78 Å². The number of aryl methyl sites for hydroxylation is 1. The minimum absolute atomic E-state index is 0.0647. The molecule has 1 aliphatic heterocycles. The summed E-state index contributed by atoms with van der Waals surface area (Å²) in [5.74, 6) is -0.318. The number of fused-ring (bicyclic) bond motifs is 2. The Balaban J connectivity index is 1.81. The zero-order valence-corrected chi connectivity index (χ0v) is 13.3. The van der Waals surface area contributed by atoms with Crippen molar-refractivity contribution in [3.8, 4) is 22.5 Å². The Kier molecular flexibility index (Phi) is 3.00. The lowest BCUT2D eigenvalue weighted by atomic mass is 10.0. The van der Waals surface area contributed by atoms with Gasteiger partial charge in [-0.2, -0.15) is 0 Å². The van der Waals surface area contributed by atoms with Gasteiger partial charge in [0.05, 0.1) is 11.3 Å². The van der Waals surface area contributed by atoms with Crippen molar-refractivity contribution in [2.75, 3.05) is 0 Å². The minimum atomic E-state index is -0.596. The van der Waals surface area contributed by atoms with Crippen molar-refractivity contribution in [3.05, 3.63) is 66.4 Å². The van der Waals surface area contributed by atoms with Crippen LogP contribution in [-0.2, 0) is 13.0 Å². The highest BCUT2D eigenvalue weighted by Gasteiger charge is 2.26. The van der Waals surface area contributed by atoms with Gasteiger partial charge in [0.2, 0.25) is 0 Å². The molecule has 4 heterocycles. The smallest absolute Gasteiger partial charge is 0.136 e. The maximum Gasteiger partial charge on any atom is 0.136 e. The van der Waals surface area contributed by atoms with Crippen molar-refractivity contribution >= 4 is 5.65 Å². The molecule has 0 spiro atoms. The molecule has 1 aliphatic rings. The Bertz CT molecular complexity index is 1090. The molecular formula is C19H14F2N4. The molecule has 0 fully saturated rings. The van der Waals surface area contributed by atoms with E-state index in [0.29, 0.717) is 5.69 Å². The second-order valence-electron chi connectivity index (χ2n) is 6.19. The molecule has 3 aromatic heterocycles. The fourth-order valence-corrected chi connectivity index (χ4v) is 3.58. The third kappa shape index (κ3) is 2.10. The van der Waals surface area contributed by atoms with Crippen molar-refractivity contribution in [2.45, 2.75) is 19.4 Å². The van der Waals surface area contributed by atoms with Crippen LogP contribution >= 0.6 is 0 Å². The monoisotopic (exact) mass is 336 g/mol. The molecule has 0 atom stereocenters. The van der Waals surface area contributed by atoms with Crippen LogP contribution in [-0.4, -0.2) is 18.9 Å². The number of halogens is 2. The Morgan fingerprint density at radius 3 is 2.72 bits per heavy atom. The lowest BCUT2D eigenvalue weighted by molar-refractivity contribution is 0.588. The molecule has 0 unspecified atom stereocenters. The fourth-order valence-electron chi connectivity index (χ4n) is 3.58. The molecule has 1 aromatic carbocycles. The van der Waals surface area contributed by atoms with Gasteiger partial charge >= 0.3 is 0 Å². The van der Waals surface area contributed by atoms with E-state index in [9.17, 15) is 8.78 Å². The van der Waals surface area contributed by atoms with Crippen LogP contribution in [0.3, 0.4) is 0 Å². The highest BCUT2D eigenvalue weighted by Crippen LogP contribution is 2.37. The molecule has 6 heteroatoms. The van der Waals surface area contributed by atoms with E-state index in [4.69, 9.17) is 0 Å². The van der Waals surface area contributed by atoms with Gasteiger partial charge in [-0.1, -0.05) is 6.07 Å². The van der Waals surface area contributed by atoms with Crippen LogP contribution in [0, 0.1) is 11.6 Å². The molecule has 0 bridgehead atoms. The van der Waals surface area contributed by atoms with Crippen molar-refractivity contribution in [2.24, 2.45) is 0 Å². The normalized spacial score (nSPS) is 13.5. The highest BCUT2D eigenvalue weighted by molar-refractivity contribution is 5.80. The average molecular weight is 336 g/mol. The second kappa shape index (κ2) is 5.24. The van der Waals surface area contributed by atoms with Gasteiger partial charge in [0, 0.05) is 37.1 Å². The van der Waals surface area contributed by atoms with Crippen LogP contribution in [0.25, 0.3) is 28.2 Å². The number of rotatable bonds is 2. The number of aromatic nitrogens is 4. The molecule has 0 N–H and O–H groups in total. The average Bonchev–Trinajstić information content (AvgIpc) is 3.29. The highest BCUT2D eigenvalue weighted by atomic mass is 19.1. The van der Waals surface area contributed by atoms with E-state index >= 15 is 0 Å². The molecule has 4 aromatic rings. The van der Waals surface area contributed by atoms with E-state index in [1.807, 2.05) is 28.9 Å². The number of benzene rings is 1. The standard InChI is InChI=1S/C19H14F2N4/c20-13-3-1-4-14(21)17(13)18-19(25-9-2-5-16(25)23-18)12-6-7-15-22-8-10-24(15)11-12/h1,3-4,6-8,10-11H,2,5,9H2. The molecule has 0 saturated carbocycles. The zero-order chi connectivity index (χ0) is 17.0. The van der Waals surface area contributed by atoms with Gasteiger partial charge in [0.1, 0.15) is 28.8 Å². The van der Waals surface area contributed by atoms with Crippen LogP contribution in [0.1, 0.15) is 12.2 Å². The van der Waals surface area contributed by atoms with Crippen molar-refractivity contribution in [1.29, 1.82) is 0 Å². The Morgan fingerprint density at radius 2 is 1.88 bits per heavy atom. The van der Waals surface area contributed by atoms with Crippen LogP contribution in [0.4, 0.5) is 8.78 Å². The van der Waals surface area contributed by atoms with E-state index < -0.39 is 11.6 Å². The molecule has 4 nitrogen and oxygen atoms in total. The van der Waals surface area contributed by atoms with Gasteiger partial charge in [-0.3, -0.25) is 0 Å². The lowest BCUT2D eigenvalue weighted by Crippen LogP contribution is -1.99. The summed E-state index contributed by atoms with van der Waals surface area (Å²) in [5.41, 5.74) is 2.74. The van der Waals surface area contributed by atoms with E-state index in [1.54, 1.807) is 6.20 Å². The minimum Gasteiger partial charge on any atom is -0.327 e. The summed E-state index contributed by atoms with van der Waals surface area (Å²) in [7, 11) is 0. The van der Waals surface area contributed by atoms with Gasteiger partial charge in [-0.15, -0.1) is 0 Å². The number of pyridine rings is 1. The Hall–Kier alpha value is -3.02. The molecule has 0 amide bonds. The van der Waals surface area contributed by atoms with Gasteiger partial charge in [-0.05, 0) is 30.7 Å². The van der Waals surface area contributed by atoms with Gasteiger partial charge < -0.3 is 8.97 Å². The van der Waals surface area contributed by atoms with E-state index in [2.05, 4.69) is 14.5 Å². The molecule has 0 radical (unpaired) electrons. The maximum absolute atomic E-state index is 14.4. The molecule has 25 heavy (non-hydrogen) atoms. The number of hydrogen-bond donors (Lipinski definition) is 0. The molecular weight excluding hydrogens is 322 g/mol. The van der Waals surface area contributed by atoms with Crippen LogP contribution in [0.2, 0.25) is 0 Å². The van der Waals surface area contributed by atoms with Crippen molar-refractivity contribution in [1.82, 2.24) is 18.9 Å². The summed E-state index contributed by atoms with van der Waals surface area (Å²) >= 11 is 0. The van der Waals surface area contributed by atoms with Crippen LogP contribution in [0.15, 0.2) is 48.9 Å². The summed E-state index contributed by atoms with van der Waals surface area (Å²) in [6.45, 7) is 0.801. The first kappa shape index (κ1) is 14.3. The van der Waals surface area contributed by atoms with E-state index in [0.717, 1.165) is 42.1 Å². The summed E-state index contributed by atoms with van der Waals surface area (Å²) in [6.07, 6.45) is 7.30. The fraction of sp³-hybridized carbons (Fsp3) is 0.158. The summed E-state index contributed by atoms with van der Waals surface area (Å²) in [4.78, 5) is 8.83. The van der Waals surface area contributed by atoms with Crippen molar-refractivity contribution in [3.63, 3.8) is 0 Å². The zero-order valence-electron chi connectivity index (χ0n) is 13.3. The first-order valence-corrected chi connectivity index (χ1v) is 8.19. The SMILES string of the molecule is Fc1cccc(F)c1-c1nc2n(c1-c1ccc3nccn3c1)CCC2. The lowest BCUT2D eigenvalue weighted by Gasteiger charge is -2.10. The molecule has 0 saturated heterocycles. The first-order valence-electron chi connectivity index (χ1n) is 8.19. The molecule has 0 aliphatic carbocycles. The maximum atomic E-state index is 14.4. The number of nitrogens with zero attached hydrogens (tertiary/aromatic N) is 4. The summed E-state index contributed by atoms with van der Waals surface area (Å²) in [5, 5.41) is 0. The molecule has 124 valence electrons. The number of hydrogen-bond acceptors (Lipinski definition) is 2. The quantitative estimate of drug-likeness (QED) is 0.553. The van der Waals surface area contributed by atoms with Gasteiger partial charge in [0.15, 0.2) is 0 Å².